The molecule has 1 N–H and O–H groups in total. The molecule has 0 radical (unpaired) electrons. The van der Waals surface area contributed by atoms with Gasteiger partial charge in [-0.05, 0) is 6.07 Å². The van der Waals surface area contributed by atoms with Gasteiger partial charge in [0, 0.05) is 38.4 Å². The van der Waals surface area contributed by atoms with Gasteiger partial charge >= 0.3 is 0 Å². The van der Waals surface area contributed by atoms with Gasteiger partial charge in [0.1, 0.15) is 0 Å². The number of anilines is 1. The highest BCUT2D eigenvalue weighted by Crippen LogP contribution is 2.27. The van der Waals surface area contributed by atoms with Crippen molar-refractivity contribution >= 4 is 5.69 Å². The van der Waals surface area contributed by atoms with E-state index in [9.17, 15) is 0 Å². The first-order valence-electron chi connectivity index (χ1n) is 5.37. The molecule has 1 unspecified atom stereocenters. The van der Waals surface area contributed by atoms with E-state index in [1.165, 1.54) is 11.3 Å². The summed E-state index contributed by atoms with van der Waals surface area (Å²) in [4.78, 5) is 2.13. The lowest BCUT2D eigenvalue weighted by molar-refractivity contribution is 0.0280. The second-order valence-electron chi connectivity index (χ2n) is 4.02. The maximum absolute atomic E-state index is 5.77. The highest BCUT2D eigenvalue weighted by atomic mass is 16.5. The van der Waals surface area contributed by atoms with Gasteiger partial charge in [0.15, 0.2) is 0 Å². The third-order valence-corrected chi connectivity index (χ3v) is 2.69. The molecule has 1 atom stereocenters. The van der Waals surface area contributed by atoms with Crippen molar-refractivity contribution in [2.24, 2.45) is 0 Å². The van der Waals surface area contributed by atoms with Crippen LogP contribution in [0.3, 0.4) is 0 Å². The molecule has 0 saturated carbocycles. The normalized spacial score (nSPS) is 21.3. The molecule has 1 aliphatic rings. The lowest BCUT2D eigenvalue weighted by Gasteiger charge is -2.27. The minimum Gasteiger partial charge on any atom is -0.377 e. The summed E-state index contributed by atoms with van der Waals surface area (Å²) in [5, 5.41) is 3.36. The van der Waals surface area contributed by atoms with Gasteiger partial charge in [-0.15, -0.1) is 0 Å². The Hall–Kier alpha value is -1.06. The zero-order valence-electron chi connectivity index (χ0n) is 9.36. The number of nitrogens with one attached hydrogen (secondary N) is 1. The second-order valence-corrected chi connectivity index (χ2v) is 4.02. The second kappa shape index (κ2) is 4.64. The van der Waals surface area contributed by atoms with Crippen molar-refractivity contribution in [2.45, 2.75) is 6.10 Å². The van der Waals surface area contributed by atoms with Gasteiger partial charge < -0.3 is 15.0 Å². The fourth-order valence-electron chi connectivity index (χ4n) is 1.93. The van der Waals surface area contributed by atoms with Gasteiger partial charge in [-0.2, -0.15) is 0 Å². The quantitative estimate of drug-likeness (QED) is 0.792. The van der Waals surface area contributed by atoms with Crippen molar-refractivity contribution in [2.75, 3.05) is 38.7 Å². The average molecular weight is 206 g/mol. The Balaban J connectivity index is 2.25. The fourth-order valence-corrected chi connectivity index (χ4v) is 1.93. The zero-order valence-corrected chi connectivity index (χ0v) is 9.36. The van der Waals surface area contributed by atoms with Crippen LogP contribution in [-0.4, -0.2) is 33.8 Å². The SMILES string of the molecule is CN(C)c1ccccc1C1CNCCO1. The molecule has 82 valence electrons. The summed E-state index contributed by atoms with van der Waals surface area (Å²) in [6, 6.07) is 8.41. The summed E-state index contributed by atoms with van der Waals surface area (Å²) in [7, 11) is 4.13. The Labute approximate surface area is 91.0 Å². The molecule has 15 heavy (non-hydrogen) atoms. The number of nitrogens with zero attached hydrogens (tertiary/aromatic N) is 1. The minimum absolute atomic E-state index is 0.192. The summed E-state index contributed by atoms with van der Waals surface area (Å²) >= 11 is 0. The van der Waals surface area contributed by atoms with Gasteiger partial charge in [0.05, 0.1) is 12.7 Å². The van der Waals surface area contributed by atoms with Crippen LogP contribution in [0, 0.1) is 0 Å². The van der Waals surface area contributed by atoms with Crippen LogP contribution in [0.1, 0.15) is 11.7 Å². The molecule has 0 aliphatic carbocycles. The maximum Gasteiger partial charge on any atom is 0.0969 e. The van der Waals surface area contributed by atoms with Crippen molar-refractivity contribution in [3.8, 4) is 0 Å². The number of para-hydroxylation sites is 1. The zero-order chi connectivity index (χ0) is 10.7. The topological polar surface area (TPSA) is 24.5 Å². The number of hydrogen-bond acceptors (Lipinski definition) is 3. The first kappa shape index (κ1) is 10.5. The molecule has 2 rings (SSSR count). The van der Waals surface area contributed by atoms with Gasteiger partial charge in [-0.25, -0.2) is 0 Å². The molecule has 1 heterocycles. The molecule has 0 bridgehead atoms. The van der Waals surface area contributed by atoms with Crippen molar-refractivity contribution in [3.63, 3.8) is 0 Å². The standard InChI is InChI=1S/C12H18N2O/c1-14(2)11-6-4-3-5-10(11)12-9-13-7-8-15-12/h3-6,12-13H,7-9H2,1-2H3. The number of benzene rings is 1. The van der Waals surface area contributed by atoms with E-state index in [1.54, 1.807) is 0 Å². The molecule has 3 nitrogen and oxygen atoms in total. The minimum atomic E-state index is 0.192. The lowest BCUT2D eigenvalue weighted by Crippen LogP contribution is -2.34. The maximum atomic E-state index is 5.77. The van der Waals surface area contributed by atoms with Crippen LogP contribution in [0.5, 0.6) is 0 Å². The molecule has 1 aromatic rings. The summed E-state index contributed by atoms with van der Waals surface area (Å²) < 4.78 is 5.77. The summed E-state index contributed by atoms with van der Waals surface area (Å²) in [6.07, 6.45) is 0.192. The number of rotatable bonds is 2. The van der Waals surface area contributed by atoms with Crippen LogP contribution >= 0.6 is 0 Å². The first-order valence-corrected chi connectivity index (χ1v) is 5.37. The Kier molecular flexibility index (Phi) is 3.23. The molecular weight excluding hydrogens is 188 g/mol. The first-order chi connectivity index (χ1) is 7.29. The predicted molar refractivity (Wildman–Crippen MR) is 62.3 cm³/mol. The molecule has 0 amide bonds. The smallest absolute Gasteiger partial charge is 0.0969 e. The van der Waals surface area contributed by atoms with E-state index in [4.69, 9.17) is 4.74 Å². The monoisotopic (exact) mass is 206 g/mol. The van der Waals surface area contributed by atoms with E-state index in [0.29, 0.717) is 0 Å². The van der Waals surface area contributed by atoms with Crippen LogP contribution in [-0.2, 0) is 4.74 Å². The summed E-state index contributed by atoms with van der Waals surface area (Å²) in [6.45, 7) is 2.66. The Morgan fingerprint density at radius 2 is 2.13 bits per heavy atom. The highest BCUT2D eigenvalue weighted by molar-refractivity contribution is 5.53. The lowest BCUT2D eigenvalue weighted by atomic mass is 10.1. The molecular formula is C12H18N2O. The number of ether oxygens (including phenoxy) is 1. The van der Waals surface area contributed by atoms with Crippen LogP contribution < -0.4 is 10.2 Å². The summed E-state index contributed by atoms with van der Waals surface area (Å²) in [5.74, 6) is 0. The molecule has 0 spiro atoms. The fraction of sp³-hybridized carbons (Fsp3) is 0.500. The third-order valence-electron chi connectivity index (χ3n) is 2.69. The van der Waals surface area contributed by atoms with Gasteiger partial charge in [0.25, 0.3) is 0 Å². The highest BCUT2D eigenvalue weighted by Gasteiger charge is 2.18. The van der Waals surface area contributed by atoms with Gasteiger partial charge in [0.2, 0.25) is 0 Å². The van der Waals surface area contributed by atoms with Crippen LogP contribution in [0.25, 0.3) is 0 Å². The Bertz CT molecular complexity index is 319. The number of morpholine rings is 1. The van der Waals surface area contributed by atoms with E-state index >= 15 is 0 Å². The largest absolute Gasteiger partial charge is 0.377 e. The molecule has 1 aliphatic heterocycles. The Morgan fingerprint density at radius 3 is 2.80 bits per heavy atom. The molecule has 1 saturated heterocycles. The van der Waals surface area contributed by atoms with Gasteiger partial charge in [-0.3, -0.25) is 0 Å². The van der Waals surface area contributed by atoms with Crippen LogP contribution in [0.2, 0.25) is 0 Å². The average Bonchev–Trinajstić information content (AvgIpc) is 2.30. The van der Waals surface area contributed by atoms with E-state index < -0.39 is 0 Å². The van der Waals surface area contributed by atoms with E-state index in [2.05, 4.69) is 48.6 Å². The van der Waals surface area contributed by atoms with Crippen LogP contribution in [0.4, 0.5) is 5.69 Å². The Morgan fingerprint density at radius 1 is 1.33 bits per heavy atom. The van der Waals surface area contributed by atoms with E-state index in [0.717, 1.165) is 19.7 Å². The van der Waals surface area contributed by atoms with Crippen LogP contribution in [0.15, 0.2) is 24.3 Å². The third kappa shape index (κ3) is 2.30. The molecule has 1 fully saturated rings. The van der Waals surface area contributed by atoms with Crippen molar-refractivity contribution in [3.05, 3.63) is 29.8 Å². The molecule has 3 heteroatoms. The summed E-state index contributed by atoms with van der Waals surface area (Å²) in [5.41, 5.74) is 2.51. The predicted octanol–water partition coefficient (Wildman–Crippen LogP) is 1.41. The molecule has 0 aromatic heterocycles. The van der Waals surface area contributed by atoms with Crippen molar-refractivity contribution in [1.29, 1.82) is 0 Å². The number of hydrogen-bond donors (Lipinski definition) is 1. The van der Waals surface area contributed by atoms with E-state index in [1.807, 2.05) is 0 Å². The van der Waals surface area contributed by atoms with E-state index in [-0.39, 0.29) is 6.10 Å². The van der Waals surface area contributed by atoms with Crippen molar-refractivity contribution < 1.29 is 4.74 Å². The van der Waals surface area contributed by atoms with Gasteiger partial charge in [-0.1, -0.05) is 18.2 Å². The molecule has 1 aromatic carbocycles. The van der Waals surface area contributed by atoms with Crippen molar-refractivity contribution in [1.82, 2.24) is 5.32 Å².